The summed E-state index contributed by atoms with van der Waals surface area (Å²) < 4.78 is 30.1. The topological polar surface area (TPSA) is 74.8 Å². The molecule has 1 saturated heterocycles. The second kappa shape index (κ2) is 10.5. The fourth-order valence-electron chi connectivity index (χ4n) is 4.54. The standard InChI is InChI=1S/C28H22ClIN2O4S/c29-22-7-3-4-19(16-22)14-15-31(37(35,36)25-13-8-20-5-1-2-6-21(20)17-25)26-18-27(33)32(28(26)34)24-11-9-23(30)10-12-24/h1-13,16-17,26H,14-15,18H2. The molecule has 1 aliphatic rings. The van der Waals surface area contributed by atoms with Crippen molar-refractivity contribution in [3.05, 3.63) is 105 Å². The van der Waals surface area contributed by atoms with Crippen molar-refractivity contribution in [2.45, 2.75) is 23.8 Å². The highest BCUT2D eigenvalue weighted by Crippen LogP contribution is 2.31. The van der Waals surface area contributed by atoms with Crippen molar-refractivity contribution in [2.75, 3.05) is 11.4 Å². The molecule has 1 aliphatic heterocycles. The van der Waals surface area contributed by atoms with Crippen molar-refractivity contribution in [1.29, 1.82) is 0 Å². The molecule has 5 rings (SSSR count). The predicted octanol–water partition coefficient (Wildman–Crippen LogP) is 5.66. The number of benzene rings is 4. The Labute approximate surface area is 234 Å². The second-order valence-corrected chi connectivity index (χ2v) is 12.3. The van der Waals surface area contributed by atoms with Crippen LogP contribution in [0.25, 0.3) is 10.8 Å². The lowest BCUT2D eigenvalue weighted by Gasteiger charge is -2.27. The van der Waals surface area contributed by atoms with Crippen LogP contribution in [-0.2, 0) is 26.0 Å². The second-order valence-electron chi connectivity index (χ2n) is 8.77. The summed E-state index contributed by atoms with van der Waals surface area (Å²) in [7, 11) is -4.13. The third kappa shape index (κ3) is 5.29. The lowest BCUT2D eigenvalue weighted by molar-refractivity contribution is -0.122. The van der Waals surface area contributed by atoms with Gasteiger partial charge < -0.3 is 0 Å². The first kappa shape index (κ1) is 25.8. The van der Waals surface area contributed by atoms with Crippen LogP contribution >= 0.6 is 34.2 Å². The number of hydrogen-bond donors (Lipinski definition) is 0. The molecule has 6 nitrogen and oxygen atoms in total. The van der Waals surface area contributed by atoms with Crippen molar-refractivity contribution in [3.8, 4) is 0 Å². The summed E-state index contributed by atoms with van der Waals surface area (Å²) in [4.78, 5) is 27.7. The lowest BCUT2D eigenvalue weighted by atomic mass is 10.1. The average molecular weight is 645 g/mol. The van der Waals surface area contributed by atoms with Gasteiger partial charge >= 0.3 is 0 Å². The maximum absolute atomic E-state index is 14.0. The highest BCUT2D eigenvalue weighted by Gasteiger charge is 2.46. The normalized spacial score (nSPS) is 16.2. The highest BCUT2D eigenvalue weighted by molar-refractivity contribution is 14.1. The Bertz CT molecular complexity index is 1610. The van der Waals surface area contributed by atoms with Crippen molar-refractivity contribution in [3.63, 3.8) is 0 Å². The summed E-state index contributed by atoms with van der Waals surface area (Å²) in [6, 6.07) is 25.3. The molecule has 2 amide bonds. The molecule has 0 aromatic heterocycles. The van der Waals surface area contributed by atoms with Crippen LogP contribution < -0.4 is 4.90 Å². The van der Waals surface area contributed by atoms with Gasteiger partial charge in [0.15, 0.2) is 0 Å². The highest BCUT2D eigenvalue weighted by atomic mass is 127. The molecule has 1 unspecified atom stereocenters. The number of sulfonamides is 1. The molecule has 9 heteroatoms. The molecule has 0 saturated carbocycles. The molecule has 0 spiro atoms. The van der Waals surface area contributed by atoms with E-state index in [9.17, 15) is 18.0 Å². The Hall–Kier alpha value is -2.79. The number of carbonyl (C=O) groups excluding carboxylic acids is 2. The minimum atomic E-state index is -4.13. The summed E-state index contributed by atoms with van der Waals surface area (Å²) in [5, 5.41) is 2.22. The lowest BCUT2D eigenvalue weighted by Crippen LogP contribution is -2.46. The molecule has 4 aromatic rings. The molecular formula is C28H22ClIN2O4S. The molecule has 0 radical (unpaired) electrons. The van der Waals surface area contributed by atoms with E-state index in [2.05, 4.69) is 22.6 Å². The maximum atomic E-state index is 14.0. The number of hydrogen-bond acceptors (Lipinski definition) is 4. The molecule has 1 heterocycles. The van der Waals surface area contributed by atoms with Gasteiger partial charge in [-0.1, -0.05) is 54.1 Å². The number of rotatable bonds is 7. The van der Waals surface area contributed by atoms with Gasteiger partial charge in [-0.2, -0.15) is 4.31 Å². The SMILES string of the molecule is O=C1CC(N(CCc2cccc(Cl)c2)S(=O)(=O)c2ccc3ccccc3c2)C(=O)N1c1ccc(I)cc1. The summed E-state index contributed by atoms with van der Waals surface area (Å²) in [5.41, 5.74) is 1.26. The number of anilines is 1. The van der Waals surface area contributed by atoms with Crippen LogP contribution in [0.4, 0.5) is 5.69 Å². The fraction of sp³-hybridized carbons (Fsp3) is 0.143. The van der Waals surface area contributed by atoms with Gasteiger partial charge in [0, 0.05) is 15.1 Å². The van der Waals surface area contributed by atoms with Crippen molar-refractivity contribution in [2.24, 2.45) is 0 Å². The number of imide groups is 1. The van der Waals surface area contributed by atoms with Crippen LogP contribution in [0.5, 0.6) is 0 Å². The van der Waals surface area contributed by atoms with Gasteiger partial charge in [0.2, 0.25) is 15.9 Å². The van der Waals surface area contributed by atoms with E-state index in [4.69, 9.17) is 11.6 Å². The molecule has 1 atom stereocenters. The van der Waals surface area contributed by atoms with E-state index in [1.54, 1.807) is 60.7 Å². The summed E-state index contributed by atoms with van der Waals surface area (Å²) in [6.07, 6.45) is 0.0993. The molecule has 37 heavy (non-hydrogen) atoms. The number of fused-ring (bicyclic) bond motifs is 1. The average Bonchev–Trinajstić information content (AvgIpc) is 3.17. The van der Waals surface area contributed by atoms with Crippen molar-refractivity contribution < 1.29 is 18.0 Å². The van der Waals surface area contributed by atoms with Crippen LogP contribution in [0.3, 0.4) is 0 Å². The Morgan fingerprint density at radius 2 is 1.62 bits per heavy atom. The third-order valence-corrected chi connectivity index (χ3v) is 9.25. The smallest absolute Gasteiger partial charge is 0.252 e. The molecule has 0 aliphatic carbocycles. The van der Waals surface area contributed by atoms with Gasteiger partial charge in [0.25, 0.3) is 5.91 Å². The fourth-order valence-corrected chi connectivity index (χ4v) is 6.73. The van der Waals surface area contributed by atoms with E-state index < -0.39 is 27.9 Å². The number of nitrogens with zero attached hydrogens (tertiary/aromatic N) is 2. The Morgan fingerprint density at radius 3 is 2.35 bits per heavy atom. The molecule has 188 valence electrons. The molecule has 4 aromatic carbocycles. The van der Waals surface area contributed by atoms with Crippen LogP contribution in [0.2, 0.25) is 5.02 Å². The zero-order valence-corrected chi connectivity index (χ0v) is 23.3. The first-order valence-electron chi connectivity index (χ1n) is 11.6. The van der Waals surface area contributed by atoms with Gasteiger partial charge in [-0.05, 0) is 93.9 Å². The summed E-state index contributed by atoms with van der Waals surface area (Å²) in [6.45, 7) is 0.0136. The van der Waals surface area contributed by atoms with Crippen LogP contribution in [0.15, 0.2) is 95.9 Å². The van der Waals surface area contributed by atoms with Crippen LogP contribution in [-0.4, -0.2) is 37.1 Å². The van der Waals surface area contributed by atoms with E-state index in [0.29, 0.717) is 17.1 Å². The summed E-state index contributed by atoms with van der Waals surface area (Å²) in [5.74, 6) is -0.987. The van der Waals surface area contributed by atoms with E-state index in [1.165, 1.54) is 4.31 Å². The Morgan fingerprint density at radius 1 is 0.892 bits per heavy atom. The van der Waals surface area contributed by atoms with Gasteiger partial charge in [0.05, 0.1) is 17.0 Å². The third-order valence-electron chi connectivity index (χ3n) is 6.39. The predicted molar refractivity (Wildman–Crippen MR) is 153 cm³/mol. The van der Waals surface area contributed by atoms with Gasteiger partial charge in [-0.15, -0.1) is 0 Å². The van der Waals surface area contributed by atoms with Gasteiger partial charge in [-0.25, -0.2) is 13.3 Å². The minimum absolute atomic E-state index is 0.0136. The quantitative estimate of drug-likeness (QED) is 0.192. The Kier molecular flexibility index (Phi) is 7.35. The zero-order chi connectivity index (χ0) is 26.2. The van der Waals surface area contributed by atoms with Crippen LogP contribution in [0.1, 0.15) is 12.0 Å². The van der Waals surface area contributed by atoms with E-state index in [0.717, 1.165) is 24.8 Å². The van der Waals surface area contributed by atoms with E-state index in [1.807, 2.05) is 30.3 Å². The Balaban J connectivity index is 1.53. The van der Waals surface area contributed by atoms with Gasteiger partial charge in [-0.3, -0.25) is 9.59 Å². The molecule has 1 fully saturated rings. The number of halogens is 2. The van der Waals surface area contributed by atoms with E-state index in [-0.39, 0.29) is 17.9 Å². The molecular weight excluding hydrogens is 623 g/mol. The van der Waals surface area contributed by atoms with E-state index >= 15 is 0 Å². The first-order chi connectivity index (χ1) is 17.7. The number of amides is 2. The monoisotopic (exact) mass is 644 g/mol. The van der Waals surface area contributed by atoms with Crippen molar-refractivity contribution in [1.82, 2.24) is 4.31 Å². The summed E-state index contributed by atoms with van der Waals surface area (Å²) >= 11 is 8.27. The minimum Gasteiger partial charge on any atom is -0.274 e. The van der Waals surface area contributed by atoms with Gasteiger partial charge in [0.1, 0.15) is 6.04 Å². The van der Waals surface area contributed by atoms with Crippen molar-refractivity contribution >= 4 is 72.5 Å². The van der Waals surface area contributed by atoms with Crippen LogP contribution in [0, 0.1) is 3.57 Å². The first-order valence-corrected chi connectivity index (χ1v) is 14.5. The molecule has 0 bridgehead atoms. The zero-order valence-electron chi connectivity index (χ0n) is 19.6. The maximum Gasteiger partial charge on any atom is 0.252 e. The number of carbonyl (C=O) groups is 2. The molecule has 0 N–H and O–H groups in total. The largest absolute Gasteiger partial charge is 0.274 e.